The van der Waals surface area contributed by atoms with E-state index in [9.17, 15) is 4.79 Å². The topological polar surface area (TPSA) is 17.1 Å². The standard InChI is InChI=1S/C10H13Br3O/c1-9(4-11)6-2-3-10(9,5-12)8(14)7(6)13/h6-7H,2-5H2,1H3/t6-,7-,9-,10+/m1/s1. The second-order valence-electron chi connectivity index (χ2n) is 4.68. The third kappa shape index (κ3) is 1.08. The Morgan fingerprint density at radius 3 is 2.50 bits per heavy atom. The molecule has 2 aliphatic rings. The number of fused-ring (bicyclic) bond motifs is 2. The molecule has 0 N–H and O–H groups in total. The zero-order valence-electron chi connectivity index (χ0n) is 8.03. The summed E-state index contributed by atoms with van der Waals surface area (Å²) >= 11 is 10.7. The summed E-state index contributed by atoms with van der Waals surface area (Å²) in [5.41, 5.74) is -0.00289. The molecule has 4 heteroatoms. The van der Waals surface area contributed by atoms with Gasteiger partial charge in [-0.2, -0.15) is 0 Å². The van der Waals surface area contributed by atoms with Crippen LogP contribution in [0.2, 0.25) is 0 Å². The van der Waals surface area contributed by atoms with Crippen LogP contribution in [0.25, 0.3) is 0 Å². The van der Waals surface area contributed by atoms with E-state index in [2.05, 4.69) is 54.7 Å². The number of ketones is 1. The van der Waals surface area contributed by atoms with Gasteiger partial charge in [-0.3, -0.25) is 4.79 Å². The average molecular weight is 389 g/mol. The molecule has 0 radical (unpaired) electrons. The summed E-state index contributed by atoms with van der Waals surface area (Å²) in [5.74, 6) is 0.916. The molecule has 4 atom stereocenters. The molecule has 0 saturated heterocycles. The monoisotopic (exact) mass is 386 g/mol. The first-order chi connectivity index (χ1) is 6.53. The first-order valence-electron chi connectivity index (χ1n) is 4.84. The van der Waals surface area contributed by atoms with Gasteiger partial charge < -0.3 is 0 Å². The van der Waals surface area contributed by atoms with Crippen molar-refractivity contribution in [1.82, 2.24) is 0 Å². The lowest BCUT2D eigenvalue weighted by atomic mass is 9.70. The van der Waals surface area contributed by atoms with Crippen LogP contribution in [0.4, 0.5) is 0 Å². The highest BCUT2D eigenvalue weighted by atomic mass is 79.9. The first kappa shape index (κ1) is 11.6. The molecule has 2 bridgehead atoms. The van der Waals surface area contributed by atoms with Crippen molar-refractivity contribution in [3.63, 3.8) is 0 Å². The molecule has 2 aliphatic carbocycles. The van der Waals surface area contributed by atoms with Gasteiger partial charge in [0, 0.05) is 16.1 Å². The number of carbonyl (C=O) groups excluding carboxylic acids is 1. The minimum atomic E-state index is -0.130. The van der Waals surface area contributed by atoms with Crippen molar-refractivity contribution < 1.29 is 4.79 Å². The quantitative estimate of drug-likeness (QED) is 0.661. The van der Waals surface area contributed by atoms with E-state index < -0.39 is 0 Å². The molecule has 0 amide bonds. The Labute approximate surface area is 110 Å². The van der Waals surface area contributed by atoms with Gasteiger partial charge >= 0.3 is 0 Å². The van der Waals surface area contributed by atoms with E-state index in [1.807, 2.05) is 0 Å². The Morgan fingerprint density at radius 2 is 2.07 bits per heavy atom. The summed E-state index contributed by atoms with van der Waals surface area (Å²) in [6, 6.07) is 0. The van der Waals surface area contributed by atoms with E-state index in [4.69, 9.17) is 0 Å². The van der Waals surface area contributed by atoms with Crippen LogP contribution in [0.3, 0.4) is 0 Å². The molecule has 2 rings (SSSR count). The molecule has 0 spiro atoms. The minimum Gasteiger partial charge on any atom is -0.298 e. The second kappa shape index (κ2) is 3.56. The fourth-order valence-electron chi connectivity index (χ4n) is 3.19. The van der Waals surface area contributed by atoms with Gasteiger partial charge in [0.25, 0.3) is 0 Å². The van der Waals surface area contributed by atoms with E-state index in [-0.39, 0.29) is 15.7 Å². The van der Waals surface area contributed by atoms with Gasteiger partial charge in [-0.25, -0.2) is 0 Å². The van der Waals surface area contributed by atoms with Crippen LogP contribution in [0, 0.1) is 16.7 Å². The van der Waals surface area contributed by atoms with Crippen molar-refractivity contribution >= 4 is 53.6 Å². The highest BCUT2D eigenvalue weighted by Gasteiger charge is 2.68. The Balaban J connectivity index is 2.50. The lowest BCUT2D eigenvalue weighted by Gasteiger charge is -2.36. The van der Waals surface area contributed by atoms with Crippen LogP contribution < -0.4 is 0 Å². The summed E-state index contributed by atoms with van der Waals surface area (Å²) in [5, 5.41) is 1.73. The average Bonchev–Trinajstić information content (AvgIpc) is 2.57. The van der Waals surface area contributed by atoms with E-state index in [1.54, 1.807) is 0 Å². The van der Waals surface area contributed by atoms with Crippen LogP contribution in [-0.2, 0) is 4.79 Å². The Hall–Kier alpha value is 1.11. The second-order valence-corrected chi connectivity index (χ2v) is 6.79. The molecule has 0 aromatic heterocycles. The maximum atomic E-state index is 12.2. The van der Waals surface area contributed by atoms with Crippen LogP contribution in [0.1, 0.15) is 19.8 Å². The van der Waals surface area contributed by atoms with Gasteiger partial charge in [-0.05, 0) is 24.2 Å². The van der Waals surface area contributed by atoms with Crippen molar-refractivity contribution in [2.45, 2.75) is 24.6 Å². The summed E-state index contributed by atoms with van der Waals surface area (Å²) in [7, 11) is 0. The summed E-state index contributed by atoms with van der Waals surface area (Å²) in [4.78, 5) is 12.3. The van der Waals surface area contributed by atoms with Gasteiger partial charge in [-0.15, -0.1) is 0 Å². The van der Waals surface area contributed by atoms with Crippen molar-refractivity contribution in [1.29, 1.82) is 0 Å². The smallest absolute Gasteiger partial charge is 0.154 e. The fraction of sp³-hybridized carbons (Fsp3) is 0.900. The van der Waals surface area contributed by atoms with Crippen molar-refractivity contribution in [3.05, 3.63) is 0 Å². The third-order valence-electron chi connectivity index (χ3n) is 4.37. The van der Waals surface area contributed by atoms with E-state index in [1.165, 1.54) is 6.42 Å². The molecular weight excluding hydrogens is 376 g/mol. The van der Waals surface area contributed by atoms with Crippen molar-refractivity contribution in [3.8, 4) is 0 Å². The van der Waals surface area contributed by atoms with Crippen LogP contribution in [-0.4, -0.2) is 21.3 Å². The normalized spacial score (nSPS) is 51.6. The number of halogens is 3. The Bertz CT molecular complexity index is 281. The molecule has 2 saturated carbocycles. The summed E-state index contributed by atoms with van der Waals surface area (Å²) in [6.07, 6.45) is 2.22. The number of Topliss-reactive ketones (excluding diaryl/α,β-unsaturated/α-hetero) is 1. The number of rotatable bonds is 2. The van der Waals surface area contributed by atoms with Crippen molar-refractivity contribution in [2.75, 3.05) is 10.7 Å². The summed E-state index contributed by atoms with van der Waals surface area (Å²) < 4.78 is 0. The molecule has 1 nitrogen and oxygen atoms in total. The number of hydrogen-bond acceptors (Lipinski definition) is 1. The number of alkyl halides is 3. The largest absolute Gasteiger partial charge is 0.298 e. The lowest BCUT2D eigenvalue weighted by molar-refractivity contribution is -0.127. The Kier molecular flexibility index (Phi) is 2.95. The van der Waals surface area contributed by atoms with E-state index >= 15 is 0 Å². The summed E-state index contributed by atoms with van der Waals surface area (Å²) in [6.45, 7) is 2.25. The Morgan fingerprint density at radius 1 is 1.43 bits per heavy atom. The van der Waals surface area contributed by atoms with Crippen LogP contribution in [0.15, 0.2) is 0 Å². The van der Waals surface area contributed by atoms with Gasteiger partial charge in [0.1, 0.15) is 0 Å². The predicted octanol–water partition coefficient (Wildman–Crippen LogP) is 3.53. The SMILES string of the molecule is C[C@@]1(CBr)[C@@H]2CC[C@]1(CBr)C(=O)[C@@H]2Br. The highest BCUT2D eigenvalue weighted by Crippen LogP contribution is 2.66. The van der Waals surface area contributed by atoms with Gasteiger partial charge in [0.2, 0.25) is 0 Å². The molecule has 14 heavy (non-hydrogen) atoms. The number of carbonyl (C=O) groups is 1. The maximum Gasteiger partial charge on any atom is 0.154 e. The van der Waals surface area contributed by atoms with Crippen LogP contribution in [0.5, 0.6) is 0 Å². The number of hydrogen-bond donors (Lipinski definition) is 0. The zero-order chi connectivity index (χ0) is 10.6. The minimum absolute atomic E-state index is 0.0800. The zero-order valence-corrected chi connectivity index (χ0v) is 12.8. The van der Waals surface area contributed by atoms with E-state index in [0.29, 0.717) is 11.7 Å². The predicted molar refractivity (Wildman–Crippen MR) is 68.6 cm³/mol. The lowest BCUT2D eigenvalue weighted by Crippen LogP contribution is -2.41. The molecule has 2 fully saturated rings. The molecule has 0 heterocycles. The van der Waals surface area contributed by atoms with Crippen molar-refractivity contribution in [2.24, 2.45) is 16.7 Å². The van der Waals surface area contributed by atoms with Gasteiger partial charge in [0.15, 0.2) is 5.78 Å². The molecule has 0 aliphatic heterocycles. The molecular formula is C10H13Br3O. The molecule has 0 aromatic rings. The third-order valence-corrected chi connectivity index (χ3v) is 7.55. The molecule has 80 valence electrons. The van der Waals surface area contributed by atoms with Crippen LogP contribution >= 0.6 is 47.8 Å². The maximum absolute atomic E-state index is 12.2. The molecule has 0 aromatic carbocycles. The fourth-order valence-corrected chi connectivity index (χ4v) is 6.63. The van der Waals surface area contributed by atoms with Gasteiger partial charge in [-0.1, -0.05) is 54.7 Å². The van der Waals surface area contributed by atoms with Gasteiger partial charge in [0.05, 0.1) is 4.83 Å². The molecule has 0 unspecified atom stereocenters. The first-order valence-corrected chi connectivity index (χ1v) is 8.00. The highest BCUT2D eigenvalue weighted by molar-refractivity contribution is 9.10. The van der Waals surface area contributed by atoms with E-state index in [0.717, 1.165) is 17.1 Å².